The molecule has 0 saturated heterocycles. The molecule has 2 rings (SSSR count). The van der Waals surface area contributed by atoms with Crippen molar-refractivity contribution in [1.82, 2.24) is 0 Å². The molecule has 15 heavy (non-hydrogen) atoms. The second kappa shape index (κ2) is 2.84. The number of ketones is 2. The highest BCUT2D eigenvalue weighted by atomic mass is 16.3. The number of aliphatic hydroxyl groups is 1. The zero-order valence-electron chi connectivity index (χ0n) is 7.39. The van der Waals surface area contributed by atoms with Crippen LogP contribution >= 0.6 is 0 Å². The molecule has 0 saturated carbocycles. The molecule has 3 N–H and O–H groups in total. The number of carbonyl (C=O) groups is 2. The lowest BCUT2D eigenvalue weighted by Crippen LogP contribution is -2.21. The first-order valence-corrected chi connectivity index (χ1v) is 4.07. The fourth-order valence-corrected chi connectivity index (χ4v) is 1.41. The summed E-state index contributed by atoms with van der Waals surface area (Å²) in [6.07, 6.45) is 0.952. The smallest absolute Gasteiger partial charge is 0.267 e. The number of carbonyl (C=O) groups excluding carboxylic acids is 2. The van der Waals surface area contributed by atoms with Gasteiger partial charge in [0, 0.05) is 5.56 Å². The molecule has 0 amide bonds. The maximum Gasteiger partial charge on any atom is 0.267 e. The Morgan fingerprint density at radius 1 is 0.867 bits per heavy atom. The Hall–Kier alpha value is -2.30. The predicted octanol–water partition coefficient (Wildman–Crippen LogP) is 0.762. The summed E-state index contributed by atoms with van der Waals surface area (Å²) in [5.41, 5.74) is -0.324. The molecule has 0 aromatic heterocycles. The van der Waals surface area contributed by atoms with Gasteiger partial charge in [-0.25, -0.2) is 0 Å². The van der Waals surface area contributed by atoms with Crippen molar-refractivity contribution in [1.29, 1.82) is 0 Å². The third kappa shape index (κ3) is 1.17. The Kier molecular flexibility index (Phi) is 1.76. The lowest BCUT2D eigenvalue weighted by atomic mass is 9.92. The third-order valence-electron chi connectivity index (χ3n) is 2.15. The summed E-state index contributed by atoms with van der Waals surface area (Å²) in [5.74, 6) is -3.55. The minimum absolute atomic E-state index is 0.0444. The van der Waals surface area contributed by atoms with Crippen LogP contribution in [0.15, 0.2) is 17.9 Å². The summed E-state index contributed by atoms with van der Waals surface area (Å²) in [5, 5.41) is 27.8. The van der Waals surface area contributed by atoms with Crippen molar-refractivity contribution < 1.29 is 24.9 Å². The molecule has 0 radical (unpaired) electrons. The highest BCUT2D eigenvalue weighted by molar-refractivity contribution is 6.51. The predicted molar refractivity (Wildman–Crippen MR) is 49.7 cm³/mol. The highest BCUT2D eigenvalue weighted by Gasteiger charge is 2.31. The molecule has 76 valence electrons. The van der Waals surface area contributed by atoms with Crippen molar-refractivity contribution in [3.63, 3.8) is 0 Å². The van der Waals surface area contributed by atoms with Crippen molar-refractivity contribution in [3.05, 3.63) is 29.0 Å². The lowest BCUT2D eigenvalue weighted by molar-refractivity contribution is -0.114. The van der Waals surface area contributed by atoms with E-state index >= 15 is 0 Å². The van der Waals surface area contributed by atoms with Gasteiger partial charge in [-0.05, 0) is 18.2 Å². The van der Waals surface area contributed by atoms with Gasteiger partial charge in [0.2, 0.25) is 5.78 Å². The number of phenols is 2. The van der Waals surface area contributed by atoms with Crippen LogP contribution in [0.4, 0.5) is 0 Å². The minimum atomic E-state index is -1.09. The number of rotatable bonds is 0. The standard InChI is InChI=1S/C10H6O5/c11-5-1-2-6(12)8-4(5)3-7(13)9(14)10(8)15/h1-3,11-13H. The van der Waals surface area contributed by atoms with E-state index in [0.717, 1.165) is 12.1 Å². The van der Waals surface area contributed by atoms with Gasteiger partial charge in [0.15, 0.2) is 5.76 Å². The molecule has 0 fully saturated rings. The number of aromatic hydroxyl groups is 2. The summed E-state index contributed by atoms with van der Waals surface area (Å²) < 4.78 is 0. The first kappa shape index (κ1) is 9.26. The molecule has 1 aromatic carbocycles. The van der Waals surface area contributed by atoms with Crippen LogP contribution in [0.5, 0.6) is 11.5 Å². The lowest BCUT2D eigenvalue weighted by Gasteiger charge is -2.13. The number of hydrogen-bond donors (Lipinski definition) is 3. The monoisotopic (exact) mass is 206 g/mol. The van der Waals surface area contributed by atoms with E-state index in [-0.39, 0.29) is 16.9 Å². The highest BCUT2D eigenvalue weighted by Crippen LogP contribution is 2.34. The Morgan fingerprint density at radius 3 is 2.13 bits per heavy atom. The van der Waals surface area contributed by atoms with Gasteiger partial charge in [-0.1, -0.05) is 0 Å². The quantitative estimate of drug-likeness (QED) is 0.430. The van der Waals surface area contributed by atoms with Gasteiger partial charge in [0.1, 0.15) is 11.5 Å². The van der Waals surface area contributed by atoms with E-state index in [0.29, 0.717) is 0 Å². The van der Waals surface area contributed by atoms with Gasteiger partial charge in [-0.15, -0.1) is 0 Å². The second-order valence-electron chi connectivity index (χ2n) is 3.08. The molecule has 0 aliphatic heterocycles. The zero-order chi connectivity index (χ0) is 11.2. The van der Waals surface area contributed by atoms with Crippen molar-refractivity contribution >= 4 is 17.6 Å². The van der Waals surface area contributed by atoms with Crippen LogP contribution in [0.25, 0.3) is 6.08 Å². The first-order valence-electron chi connectivity index (χ1n) is 4.07. The molecule has 1 aliphatic carbocycles. The SMILES string of the molecule is O=C1C(=O)c2c(O)ccc(O)c2C=C1O. The summed E-state index contributed by atoms with van der Waals surface area (Å²) in [6, 6.07) is 2.27. The Labute approximate surface area is 83.9 Å². The van der Waals surface area contributed by atoms with E-state index in [1.165, 1.54) is 6.07 Å². The zero-order valence-corrected chi connectivity index (χ0v) is 7.39. The first-order chi connectivity index (χ1) is 7.02. The Morgan fingerprint density at radius 2 is 1.47 bits per heavy atom. The van der Waals surface area contributed by atoms with Crippen LogP contribution in [-0.2, 0) is 4.79 Å². The molecule has 0 atom stereocenters. The molecule has 1 aliphatic rings. The topological polar surface area (TPSA) is 94.8 Å². The van der Waals surface area contributed by atoms with E-state index in [2.05, 4.69) is 0 Å². The number of aliphatic hydroxyl groups excluding tert-OH is 1. The van der Waals surface area contributed by atoms with Gasteiger partial charge >= 0.3 is 0 Å². The number of phenolic OH excluding ortho intramolecular Hbond substituents is 2. The number of fused-ring (bicyclic) bond motifs is 1. The van der Waals surface area contributed by atoms with Crippen molar-refractivity contribution in [3.8, 4) is 11.5 Å². The van der Waals surface area contributed by atoms with Crippen LogP contribution in [-0.4, -0.2) is 26.9 Å². The number of benzene rings is 1. The molecule has 5 heteroatoms. The second-order valence-corrected chi connectivity index (χ2v) is 3.08. The van der Waals surface area contributed by atoms with Crippen LogP contribution in [0.1, 0.15) is 15.9 Å². The molecule has 5 nitrogen and oxygen atoms in total. The van der Waals surface area contributed by atoms with Crippen molar-refractivity contribution in [2.75, 3.05) is 0 Å². The fourth-order valence-electron chi connectivity index (χ4n) is 1.41. The molecule has 0 spiro atoms. The van der Waals surface area contributed by atoms with E-state index in [1.54, 1.807) is 0 Å². The largest absolute Gasteiger partial charge is 0.507 e. The number of hydrogen-bond acceptors (Lipinski definition) is 5. The van der Waals surface area contributed by atoms with E-state index in [9.17, 15) is 19.8 Å². The van der Waals surface area contributed by atoms with Gasteiger partial charge in [-0.3, -0.25) is 9.59 Å². The van der Waals surface area contributed by atoms with Gasteiger partial charge < -0.3 is 15.3 Å². The van der Waals surface area contributed by atoms with Crippen molar-refractivity contribution in [2.45, 2.75) is 0 Å². The number of allylic oxidation sites excluding steroid dienone is 1. The summed E-state index contributed by atoms with van der Waals surface area (Å²) in [6.45, 7) is 0. The normalized spacial score (nSPS) is 14.8. The van der Waals surface area contributed by atoms with Crippen LogP contribution in [0.3, 0.4) is 0 Å². The van der Waals surface area contributed by atoms with E-state index in [1.807, 2.05) is 0 Å². The minimum Gasteiger partial charge on any atom is -0.507 e. The molecule has 0 bridgehead atoms. The van der Waals surface area contributed by atoms with Crippen LogP contribution in [0, 0.1) is 0 Å². The summed E-state index contributed by atoms with van der Waals surface area (Å²) >= 11 is 0. The van der Waals surface area contributed by atoms with Gasteiger partial charge in [0.05, 0.1) is 5.56 Å². The van der Waals surface area contributed by atoms with Crippen molar-refractivity contribution in [2.24, 2.45) is 0 Å². The maximum atomic E-state index is 11.4. The van der Waals surface area contributed by atoms with Crippen LogP contribution < -0.4 is 0 Å². The maximum absolute atomic E-state index is 11.4. The van der Waals surface area contributed by atoms with E-state index < -0.39 is 23.1 Å². The summed E-state index contributed by atoms with van der Waals surface area (Å²) in [7, 11) is 0. The summed E-state index contributed by atoms with van der Waals surface area (Å²) in [4.78, 5) is 22.5. The third-order valence-corrected chi connectivity index (χ3v) is 2.15. The number of Topliss-reactive ketones (excluding diaryl/α,β-unsaturated/α-hetero) is 2. The van der Waals surface area contributed by atoms with Gasteiger partial charge in [-0.2, -0.15) is 0 Å². The van der Waals surface area contributed by atoms with Gasteiger partial charge in [0.25, 0.3) is 5.78 Å². The molecule has 0 heterocycles. The van der Waals surface area contributed by atoms with Crippen LogP contribution in [0.2, 0.25) is 0 Å². The Bertz CT molecular complexity index is 513. The average Bonchev–Trinajstić information content (AvgIpc) is 2.20. The molecular weight excluding hydrogens is 200 g/mol. The molecule has 0 unspecified atom stereocenters. The Balaban J connectivity index is 2.82. The molecular formula is C10H6O5. The fraction of sp³-hybridized carbons (Fsp3) is 0. The average molecular weight is 206 g/mol. The molecule has 1 aromatic rings. The van der Waals surface area contributed by atoms with E-state index in [4.69, 9.17) is 5.11 Å².